The zero-order valence-electron chi connectivity index (χ0n) is 11.3. The molecule has 1 aromatic carbocycles. The van der Waals surface area contributed by atoms with Gasteiger partial charge in [-0.05, 0) is 30.5 Å². The fourth-order valence-electron chi connectivity index (χ4n) is 2.47. The van der Waals surface area contributed by atoms with E-state index in [9.17, 15) is 21.6 Å². The van der Waals surface area contributed by atoms with Gasteiger partial charge in [0.05, 0.1) is 10.5 Å². The van der Waals surface area contributed by atoms with E-state index in [1.807, 2.05) is 6.92 Å². The number of alkyl halides is 4. The molecule has 1 aliphatic heterocycles. The van der Waals surface area contributed by atoms with Crippen LogP contribution in [0.4, 0.5) is 13.2 Å². The Morgan fingerprint density at radius 2 is 2.05 bits per heavy atom. The third-order valence-electron chi connectivity index (χ3n) is 3.76. The highest BCUT2D eigenvalue weighted by Crippen LogP contribution is 2.34. The first kappa shape index (κ1) is 16.8. The fraction of sp³-hybridized carbons (Fsp3) is 0.538. The molecular weight excluding hydrogens is 371 g/mol. The molecule has 0 radical (unpaired) electrons. The lowest BCUT2D eigenvalue weighted by atomic mass is 10.1. The third kappa shape index (κ3) is 3.27. The van der Waals surface area contributed by atoms with Gasteiger partial charge in [0.15, 0.2) is 0 Å². The van der Waals surface area contributed by atoms with Crippen LogP contribution in [0, 0.1) is 5.92 Å². The monoisotopic (exact) mass is 385 g/mol. The average molecular weight is 386 g/mol. The number of hydrogen-bond donors (Lipinski definition) is 0. The standard InChI is InChI=1S/C13H15BrF3NO2S/c1-9-5-6-18(12(9)8-14)21(19,20)11-4-2-3-10(7-11)13(15,16)17/h2-4,7,9,12H,5-6,8H2,1H3. The summed E-state index contributed by atoms with van der Waals surface area (Å²) >= 11 is 3.28. The molecule has 21 heavy (non-hydrogen) atoms. The predicted octanol–water partition coefficient (Wildman–Crippen LogP) is 3.50. The maximum absolute atomic E-state index is 12.7. The Morgan fingerprint density at radius 1 is 1.38 bits per heavy atom. The van der Waals surface area contributed by atoms with Crippen LogP contribution in [-0.4, -0.2) is 30.6 Å². The van der Waals surface area contributed by atoms with Gasteiger partial charge in [0, 0.05) is 17.9 Å². The molecule has 2 atom stereocenters. The Hall–Kier alpha value is -0.600. The minimum Gasteiger partial charge on any atom is -0.207 e. The first-order valence-corrected chi connectivity index (χ1v) is 8.99. The number of halogens is 4. The molecule has 0 saturated carbocycles. The zero-order chi connectivity index (χ0) is 15.8. The molecule has 1 saturated heterocycles. The van der Waals surface area contributed by atoms with Crippen molar-refractivity contribution in [1.82, 2.24) is 4.31 Å². The molecule has 8 heteroatoms. The van der Waals surface area contributed by atoms with Gasteiger partial charge >= 0.3 is 6.18 Å². The topological polar surface area (TPSA) is 37.4 Å². The smallest absolute Gasteiger partial charge is 0.207 e. The second kappa shape index (κ2) is 5.89. The molecule has 0 N–H and O–H groups in total. The van der Waals surface area contributed by atoms with Crippen molar-refractivity contribution in [2.24, 2.45) is 5.92 Å². The summed E-state index contributed by atoms with van der Waals surface area (Å²) in [6, 6.07) is 3.67. The van der Waals surface area contributed by atoms with Crippen LogP contribution in [0.5, 0.6) is 0 Å². The number of hydrogen-bond acceptors (Lipinski definition) is 2. The zero-order valence-corrected chi connectivity index (χ0v) is 13.7. The number of nitrogens with zero attached hydrogens (tertiary/aromatic N) is 1. The molecule has 0 aliphatic carbocycles. The van der Waals surface area contributed by atoms with Gasteiger partial charge in [-0.1, -0.05) is 28.9 Å². The van der Waals surface area contributed by atoms with Crippen molar-refractivity contribution in [3.05, 3.63) is 29.8 Å². The summed E-state index contributed by atoms with van der Waals surface area (Å²) in [7, 11) is -3.91. The molecule has 0 amide bonds. The molecule has 0 bridgehead atoms. The molecule has 1 fully saturated rings. The van der Waals surface area contributed by atoms with Crippen molar-refractivity contribution < 1.29 is 21.6 Å². The number of sulfonamides is 1. The highest BCUT2D eigenvalue weighted by Gasteiger charge is 2.40. The third-order valence-corrected chi connectivity index (χ3v) is 6.34. The van der Waals surface area contributed by atoms with Gasteiger partial charge in [-0.15, -0.1) is 0 Å². The van der Waals surface area contributed by atoms with Crippen LogP contribution in [0.15, 0.2) is 29.2 Å². The molecule has 0 spiro atoms. The van der Waals surface area contributed by atoms with Crippen LogP contribution in [0.1, 0.15) is 18.9 Å². The van der Waals surface area contributed by atoms with Crippen molar-refractivity contribution in [1.29, 1.82) is 0 Å². The predicted molar refractivity (Wildman–Crippen MR) is 76.7 cm³/mol. The minimum absolute atomic E-state index is 0.171. The van der Waals surface area contributed by atoms with Crippen molar-refractivity contribution in [3.63, 3.8) is 0 Å². The highest BCUT2D eigenvalue weighted by atomic mass is 79.9. The van der Waals surface area contributed by atoms with Gasteiger partial charge in [-0.3, -0.25) is 0 Å². The first-order valence-electron chi connectivity index (χ1n) is 6.43. The van der Waals surface area contributed by atoms with E-state index >= 15 is 0 Å². The van der Waals surface area contributed by atoms with E-state index in [2.05, 4.69) is 15.9 Å². The Bertz CT molecular complexity index is 618. The molecule has 0 aromatic heterocycles. The second-order valence-corrected chi connectivity index (χ2v) is 7.67. The molecule has 2 unspecified atom stereocenters. The average Bonchev–Trinajstić information content (AvgIpc) is 2.79. The van der Waals surface area contributed by atoms with Crippen LogP contribution < -0.4 is 0 Å². The van der Waals surface area contributed by atoms with E-state index in [1.54, 1.807) is 0 Å². The lowest BCUT2D eigenvalue weighted by Gasteiger charge is -2.25. The number of rotatable bonds is 3. The molecule has 1 aliphatic rings. The normalized spacial score (nSPS) is 24.4. The SMILES string of the molecule is CC1CCN(S(=O)(=O)c2cccc(C(F)(F)F)c2)C1CBr. The first-order chi connectivity index (χ1) is 9.67. The Kier molecular flexibility index (Phi) is 4.70. The summed E-state index contributed by atoms with van der Waals surface area (Å²) in [4.78, 5) is -0.308. The molecule has 118 valence electrons. The summed E-state index contributed by atoms with van der Waals surface area (Å²) < 4.78 is 64.6. The fourth-order valence-corrected chi connectivity index (χ4v) is 5.43. The van der Waals surface area contributed by atoms with E-state index in [1.165, 1.54) is 10.4 Å². The van der Waals surface area contributed by atoms with Crippen molar-refractivity contribution >= 4 is 26.0 Å². The van der Waals surface area contributed by atoms with Crippen molar-refractivity contribution in [3.8, 4) is 0 Å². The summed E-state index contributed by atoms with van der Waals surface area (Å²) in [5.41, 5.74) is -0.953. The van der Waals surface area contributed by atoms with E-state index in [0.29, 0.717) is 24.4 Å². The van der Waals surface area contributed by atoms with Gasteiger partial charge < -0.3 is 0 Å². The lowest BCUT2D eigenvalue weighted by Crippen LogP contribution is -2.38. The van der Waals surface area contributed by atoms with Crippen LogP contribution >= 0.6 is 15.9 Å². The van der Waals surface area contributed by atoms with Gasteiger partial charge in [0.25, 0.3) is 0 Å². The summed E-state index contributed by atoms with van der Waals surface area (Å²) in [6.45, 7) is 2.27. The minimum atomic E-state index is -4.56. The van der Waals surface area contributed by atoms with Crippen molar-refractivity contribution in [2.45, 2.75) is 30.5 Å². The molecule has 3 nitrogen and oxygen atoms in total. The summed E-state index contributed by atoms with van der Waals surface area (Å²) in [6.07, 6.45) is -3.85. The highest BCUT2D eigenvalue weighted by molar-refractivity contribution is 9.09. The second-order valence-electron chi connectivity index (χ2n) is 5.13. The lowest BCUT2D eigenvalue weighted by molar-refractivity contribution is -0.137. The quantitative estimate of drug-likeness (QED) is 0.746. The van der Waals surface area contributed by atoms with E-state index < -0.39 is 21.8 Å². The van der Waals surface area contributed by atoms with Gasteiger partial charge in [-0.2, -0.15) is 17.5 Å². The van der Waals surface area contributed by atoms with Crippen LogP contribution in [0.25, 0.3) is 0 Å². The molecule has 1 aromatic rings. The van der Waals surface area contributed by atoms with Gasteiger partial charge in [-0.25, -0.2) is 8.42 Å². The van der Waals surface area contributed by atoms with E-state index in [4.69, 9.17) is 0 Å². The summed E-state index contributed by atoms with van der Waals surface area (Å²) in [5.74, 6) is 0.171. The number of benzene rings is 1. The van der Waals surface area contributed by atoms with Crippen LogP contribution in [0.2, 0.25) is 0 Å². The maximum Gasteiger partial charge on any atom is 0.416 e. The van der Waals surface area contributed by atoms with Gasteiger partial charge in [0.1, 0.15) is 0 Å². The molecular formula is C13H15BrF3NO2S. The van der Waals surface area contributed by atoms with E-state index in [0.717, 1.165) is 12.1 Å². The van der Waals surface area contributed by atoms with Crippen LogP contribution in [0.3, 0.4) is 0 Å². The summed E-state index contributed by atoms with van der Waals surface area (Å²) in [5, 5.41) is 0.465. The molecule has 1 heterocycles. The Balaban J connectivity index is 2.41. The van der Waals surface area contributed by atoms with Gasteiger partial charge in [0.2, 0.25) is 10.0 Å². The Labute approximate surface area is 130 Å². The van der Waals surface area contributed by atoms with Crippen LogP contribution in [-0.2, 0) is 16.2 Å². The molecule has 2 rings (SSSR count). The maximum atomic E-state index is 12.7. The van der Waals surface area contributed by atoms with E-state index in [-0.39, 0.29) is 16.9 Å². The van der Waals surface area contributed by atoms with Crippen molar-refractivity contribution in [2.75, 3.05) is 11.9 Å². The largest absolute Gasteiger partial charge is 0.416 e. The Morgan fingerprint density at radius 3 is 2.62 bits per heavy atom.